The second-order valence-electron chi connectivity index (χ2n) is 6.56. The molecule has 0 aliphatic rings. The Morgan fingerprint density at radius 1 is 0.759 bits per heavy atom. The summed E-state index contributed by atoms with van der Waals surface area (Å²) in [7, 11) is -4.74. The summed E-state index contributed by atoms with van der Waals surface area (Å²) >= 11 is 0. The molecule has 3 aromatic carbocycles. The van der Waals surface area contributed by atoms with E-state index >= 15 is 0 Å². The summed E-state index contributed by atoms with van der Waals surface area (Å²) in [6.07, 6.45) is 4.93. The van der Waals surface area contributed by atoms with Gasteiger partial charge in [0.1, 0.15) is 5.75 Å². The highest BCUT2D eigenvalue weighted by atomic mass is 31.2. The van der Waals surface area contributed by atoms with Crippen LogP contribution in [-0.2, 0) is 17.4 Å². The highest BCUT2D eigenvalue weighted by Gasteiger charge is 2.23. The molecule has 0 spiro atoms. The van der Waals surface area contributed by atoms with E-state index in [4.69, 9.17) is 4.52 Å². The molecule has 0 saturated carbocycles. The lowest BCUT2D eigenvalue weighted by Gasteiger charge is -2.20. The number of hydrogen-bond donors (Lipinski definition) is 2. The Kier molecular flexibility index (Phi) is 6.50. The predicted octanol–water partition coefficient (Wildman–Crippen LogP) is 5.95. The average Bonchev–Trinajstić information content (AvgIpc) is 2.68. The molecule has 3 aromatic rings. The first-order valence-electron chi connectivity index (χ1n) is 9.21. The number of phosphoric ester groups is 1. The highest BCUT2D eigenvalue weighted by molar-refractivity contribution is 7.46. The molecule has 5 heteroatoms. The molecule has 0 amide bonds. The second kappa shape index (κ2) is 9.06. The monoisotopic (exact) mass is 406 g/mol. The van der Waals surface area contributed by atoms with Gasteiger partial charge < -0.3 is 4.52 Å². The van der Waals surface area contributed by atoms with Crippen LogP contribution in [0.2, 0.25) is 0 Å². The summed E-state index contributed by atoms with van der Waals surface area (Å²) in [4.78, 5) is 18.9. The minimum absolute atomic E-state index is 0.140. The third-order valence-electron chi connectivity index (χ3n) is 4.57. The molecular formula is C24H23O4P. The van der Waals surface area contributed by atoms with E-state index in [1.807, 2.05) is 60.7 Å². The summed E-state index contributed by atoms with van der Waals surface area (Å²) in [6.45, 7) is 7.66. The van der Waals surface area contributed by atoms with E-state index in [2.05, 4.69) is 13.2 Å². The van der Waals surface area contributed by atoms with Crippen molar-refractivity contribution >= 4 is 7.82 Å². The highest BCUT2D eigenvalue weighted by Crippen LogP contribution is 2.47. The molecule has 0 aliphatic heterocycles. The molecule has 0 heterocycles. The van der Waals surface area contributed by atoms with Gasteiger partial charge in [0.15, 0.2) is 0 Å². The van der Waals surface area contributed by atoms with Gasteiger partial charge in [0.25, 0.3) is 0 Å². The van der Waals surface area contributed by atoms with Crippen LogP contribution in [0.1, 0.15) is 11.1 Å². The van der Waals surface area contributed by atoms with Gasteiger partial charge >= 0.3 is 7.82 Å². The topological polar surface area (TPSA) is 66.8 Å². The molecule has 148 valence electrons. The summed E-state index contributed by atoms with van der Waals surface area (Å²) in [5.74, 6) is 0.140. The van der Waals surface area contributed by atoms with Crippen molar-refractivity contribution in [1.82, 2.24) is 0 Å². The summed E-state index contributed by atoms with van der Waals surface area (Å²) in [5.41, 5.74) is 5.35. The van der Waals surface area contributed by atoms with Crippen LogP contribution < -0.4 is 4.52 Å². The van der Waals surface area contributed by atoms with Gasteiger partial charge in [-0.1, -0.05) is 72.8 Å². The fraction of sp³-hybridized carbons (Fsp3) is 0.0833. The first-order chi connectivity index (χ1) is 13.9. The zero-order valence-electron chi connectivity index (χ0n) is 16.0. The van der Waals surface area contributed by atoms with E-state index in [9.17, 15) is 14.4 Å². The number of hydrogen-bond acceptors (Lipinski definition) is 2. The van der Waals surface area contributed by atoms with Crippen molar-refractivity contribution in [3.05, 3.63) is 103 Å². The zero-order valence-corrected chi connectivity index (χ0v) is 16.9. The number of rotatable bonds is 8. The van der Waals surface area contributed by atoms with Crippen LogP contribution in [0.3, 0.4) is 0 Å². The van der Waals surface area contributed by atoms with Crippen molar-refractivity contribution in [1.29, 1.82) is 0 Å². The molecular weight excluding hydrogens is 383 g/mol. The Labute approximate surface area is 171 Å². The Balaban J connectivity index is 2.34. The van der Waals surface area contributed by atoms with Crippen LogP contribution in [0.15, 0.2) is 92.0 Å². The lowest BCUT2D eigenvalue weighted by atomic mass is 9.88. The summed E-state index contributed by atoms with van der Waals surface area (Å²) < 4.78 is 16.8. The first kappa shape index (κ1) is 20.8. The molecule has 29 heavy (non-hydrogen) atoms. The average molecular weight is 406 g/mol. The number of allylic oxidation sites excluding steroid dienone is 2. The number of benzene rings is 3. The Morgan fingerprint density at radius 3 is 1.86 bits per heavy atom. The van der Waals surface area contributed by atoms with Crippen molar-refractivity contribution in [2.24, 2.45) is 0 Å². The van der Waals surface area contributed by atoms with Gasteiger partial charge in [-0.15, -0.1) is 13.2 Å². The molecule has 0 atom stereocenters. The smallest absolute Gasteiger partial charge is 0.404 e. The van der Waals surface area contributed by atoms with Crippen molar-refractivity contribution in [3.8, 4) is 28.0 Å². The predicted molar refractivity (Wildman–Crippen MR) is 118 cm³/mol. The molecule has 0 bridgehead atoms. The van der Waals surface area contributed by atoms with Gasteiger partial charge in [-0.2, -0.15) is 0 Å². The van der Waals surface area contributed by atoms with Crippen molar-refractivity contribution in [3.63, 3.8) is 0 Å². The summed E-state index contributed by atoms with van der Waals surface area (Å²) in [5, 5.41) is 0. The molecule has 0 unspecified atom stereocenters. The quantitative estimate of drug-likeness (QED) is 0.358. The standard InChI is InChI=1S/C24H23O4P/c1-3-10-18-12-5-7-14-20(18)22-16-9-17-23(28-29(25,26)27)24(22)21-15-8-6-13-19(21)11-4-2/h3-9,12-17H,1-2,10-11H2,(H2,25,26,27). The van der Waals surface area contributed by atoms with E-state index in [1.54, 1.807) is 18.2 Å². The molecule has 0 aromatic heterocycles. The normalized spacial score (nSPS) is 11.1. The second-order valence-corrected chi connectivity index (χ2v) is 7.72. The minimum Gasteiger partial charge on any atom is -0.404 e. The van der Waals surface area contributed by atoms with E-state index in [0.717, 1.165) is 27.8 Å². The van der Waals surface area contributed by atoms with Crippen LogP contribution >= 0.6 is 7.82 Å². The van der Waals surface area contributed by atoms with Crippen LogP contribution in [0.25, 0.3) is 22.3 Å². The van der Waals surface area contributed by atoms with E-state index in [1.165, 1.54) is 0 Å². The van der Waals surface area contributed by atoms with Crippen molar-refractivity contribution in [2.45, 2.75) is 12.8 Å². The van der Waals surface area contributed by atoms with Crippen LogP contribution in [0.4, 0.5) is 0 Å². The molecule has 0 aliphatic carbocycles. The van der Waals surface area contributed by atoms with Crippen molar-refractivity contribution < 1.29 is 18.9 Å². The van der Waals surface area contributed by atoms with Gasteiger partial charge in [-0.25, -0.2) is 4.57 Å². The molecule has 0 fully saturated rings. The molecule has 0 saturated heterocycles. The zero-order chi connectivity index (χ0) is 20.9. The maximum absolute atomic E-state index is 11.7. The first-order valence-corrected chi connectivity index (χ1v) is 10.7. The van der Waals surface area contributed by atoms with E-state index < -0.39 is 7.82 Å². The minimum atomic E-state index is -4.74. The third kappa shape index (κ3) is 4.93. The van der Waals surface area contributed by atoms with Gasteiger partial charge in [0.05, 0.1) is 0 Å². The lowest BCUT2D eigenvalue weighted by molar-refractivity contribution is 0.283. The fourth-order valence-electron chi connectivity index (χ4n) is 3.45. The number of phosphoric acid groups is 1. The maximum Gasteiger partial charge on any atom is 0.524 e. The summed E-state index contributed by atoms with van der Waals surface area (Å²) in [6, 6.07) is 20.9. The Morgan fingerprint density at radius 2 is 1.28 bits per heavy atom. The van der Waals surface area contributed by atoms with Crippen LogP contribution in [-0.4, -0.2) is 9.79 Å². The molecule has 0 radical (unpaired) electrons. The lowest BCUT2D eigenvalue weighted by Crippen LogP contribution is -1.98. The van der Waals surface area contributed by atoms with Crippen LogP contribution in [0.5, 0.6) is 5.75 Å². The SMILES string of the molecule is C=CCc1ccccc1-c1cccc(OP(=O)(O)O)c1-c1ccccc1CC=C. The van der Waals surface area contributed by atoms with Gasteiger partial charge in [0.2, 0.25) is 0 Å². The van der Waals surface area contributed by atoms with Crippen molar-refractivity contribution in [2.75, 3.05) is 0 Å². The van der Waals surface area contributed by atoms with E-state index in [0.29, 0.717) is 18.4 Å². The largest absolute Gasteiger partial charge is 0.524 e. The van der Waals surface area contributed by atoms with Gasteiger partial charge in [-0.3, -0.25) is 9.79 Å². The Bertz CT molecular complexity index is 1080. The van der Waals surface area contributed by atoms with Gasteiger partial charge in [-0.05, 0) is 46.7 Å². The Hall–Kier alpha value is -2.91. The molecule has 2 N–H and O–H groups in total. The molecule has 3 rings (SSSR count). The van der Waals surface area contributed by atoms with Gasteiger partial charge in [0, 0.05) is 5.56 Å². The third-order valence-corrected chi connectivity index (χ3v) is 5.00. The van der Waals surface area contributed by atoms with E-state index in [-0.39, 0.29) is 5.75 Å². The molecule has 4 nitrogen and oxygen atoms in total. The fourth-order valence-corrected chi connectivity index (χ4v) is 3.86. The maximum atomic E-state index is 11.7. The van der Waals surface area contributed by atoms with Crippen LogP contribution in [0, 0.1) is 0 Å².